The molecule has 0 amide bonds. The minimum absolute atomic E-state index is 0.187. The van der Waals surface area contributed by atoms with Crippen LogP contribution in [0.1, 0.15) is 112 Å². The number of rotatable bonds is 8. The van der Waals surface area contributed by atoms with Crippen LogP contribution in [0.2, 0.25) is 0 Å². The molecule has 0 spiro atoms. The van der Waals surface area contributed by atoms with Crippen LogP contribution in [0.25, 0.3) is 0 Å². The lowest BCUT2D eigenvalue weighted by molar-refractivity contribution is -0.145. The van der Waals surface area contributed by atoms with Crippen molar-refractivity contribution in [2.75, 3.05) is 0 Å². The summed E-state index contributed by atoms with van der Waals surface area (Å²) in [4.78, 5) is 11.9. The Morgan fingerprint density at radius 3 is 2.27 bits per heavy atom. The average Bonchev–Trinajstić information content (AvgIpc) is 3.10. The van der Waals surface area contributed by atoms with Gasteiger partial charge in [0.25, 0.3) is 0 Å². The van der Waals surface area contributed by atoms with E-state index in [1.807, 2.05) is 0 Å². The van der Waals surface area contributed by atoms with Crippen LogP contribution in [0.5, 0.6) is 0 Å². The van der Waals surface area contributed by atoms with Crippen LogP contribution < -0.4 is 0 Å². The molecule has 0 saturated heterocycles. The molecule has 2 heteroatoms. The average molecular weight is 475 g/mol. The second kappa shape index (κ2) is 9.99. The second-order valence-electron chi connectivity index (χ2n) is 13.8. The van der Waals surface area contributed by atoms with E-state index in [0.717, 1.165) is 53.4 Å². The minimum Gasteiger partial charge on any atom is -0.303 e. The molecule has 1 nitrogen and oxygen atoms in total. The number of carbonyl (C=O) groups is 1. The molecule has 0 N–H and O–H groups in total. The zero-order valence-corrected chi connectivity index (χ0v) is 23.0. The molecule has 4 aliphatic carbocycles. The third kappa shape index (κ3) is 4.63. The Kier molecular flexibility index (Phi) is 7.80. The third-order valence-electron chi connectivity index (χ3n) is 11.9. The molecule has 0 aromatic heterocycles. The first-order valence-corrected chi connectivity index (χ1v) is 14.8. The highest BCUT2D eigenvalue weighted by atomic mass is 35.5. The van der Waals surface area contributed by atoms with Crippen molar-refractivity contribution in [3.63, 3.8) is 0 Å². The lowest BCUT2D eigenvalue weighted by atomic mass is 9.42. The summed E-state index contributed by atoms with van der Waals surface area (Å²) < 4.78 is 0. The van der Waals surface area contributed by atoms with E-state index in [1.54, 1.807) is 0 Å². The van der Waals surface area contributed by atoms with Crippen LogP contribution in [0.15, 0.2) is 11.6 Å². The molecule has 0 aliphatic heterocycles. The number of fused-ring (bicyclic) bond motifs is 5. The smallest absolute Gasteiger partial charge is 0.123 e. The number of halogens is 1. The molecule has 4 aliphatic rings. The van der Waals surface area contributed by atoms with E-state index in [4.69, 9.17) is 11.6 Å². The van der Waals surface area contributed by atoms with Crippen molar-refractivity contribution in [2.24, 2.45) is 64.1 Å². The van der Waals surface area contributed by atoms with E-state index in [9.17, 15) is 4.79 Å². The Hall–Kier alpha value is -0.300. The first kappa shape index (κ1) is 25.8. The second-order valence-corrected chi connectivity index (χ2v) is 14.4. The first-order chi connectivity index (χ1) is 15.6. The summed E-state index contributed by atoms with van der Waals surface area (Å²) in [6.45, 7) is 16.6. The molecule has 4 fully saturated rings. The highest BCUT2D eigenvalue weighted by Crippen LogP contribution is 2.69. The molecule has 0 heterocycles. The van der Waals surface area contributed by atoms with Gasteiger partial charge in [-0.05, 0) is 116 Å². The van der Waals surface area contributed by atoms with Gasteiger partial charge in [-0.2, -0.15) is 0 Å². The fraction of sp³-hybridized carbons (Fsp3) is 0.903. The zero-order chi connectivity index (χ0) is 24.0. The number of allylic oxidation sites excluding steroid dienone is 1. The van der Waals surface area contributed by atoms with Crippen molar-refractivity contribution in [3.05, 3.63) is 11.6 Å². The number of aldehydes is 1. The van der Waals surface area contributed by atoms with E-state index >= 15 is 0 Å². The maximum Gasteiger partial charge on any atom is 0.123 e. The number of hydrogen-bond donors (Lipinski definition) is 0. The lowest BCUT2D eigenvalue weighted by Gasteiger charge is -2.63. The monoisotopic (exact) mass is 474 g/mol. The van der Waals surface area contributed by atoms with Gasteiger partial charge in [0.05, 0.1) is 0 Å². The predicted octanol–water partition coefficient (Wildman–Crippen LogP) is 9.29. The van der Waals surface area contributed by atoms with Gasteiger partial charge in [-0.1, -0.05) is 72.1 Å². The van der Waals surface area contributed by atoms with Crippen molar-refractivity contribution in [1.29, 1.82) is 0 Å². The predicted molar refractivity (Wildman–Crippen MR) is 141 cm³/mol. The zero-order valence-electron chi connectivity index (χ0n) is 22.3. The van der Waals surface area contributed by atoms with Crippen molar-refractivity contribution in [3.8, 4) is 0 Å². The summed E-state index contributed by atoms with van der Waals surface area (Å²) >= 11 is 6.33. The maximum absolute atomic E-state index is 11.9. The SMILES string of the molecule is C=C(Cl)C[C@@H]1C(C=O)CC[C@@]2(C)C1CC[C@H]1[C@@H]3CC[C@H]([C@H](C)CCCC(C)C)[C@@]3(C)CC[C@@H]12. The van der Waals surface area contributed by atoms with Crippen LogP contribution in [0.3, 0.4) is 0 Å². The van der Waals surface area contributed by atoms with Crippen molar-refractivity contribution < 1.29 is 4.79 Å². The Morgan fingerprint density at radius 2 is 1.61 bits per heavy atom. The fourth-order valence-corrected chi connectivity index (χ4v) is 10.5. The van der Waals surface area contributed by atoms with Crippen LogP contribution in [0.4, 0.5) is 0 Å². The van der Waals surface area contributed by atoms with Gasteiger partial charge in [-0.25, -0.2) is 0 Å². The Morgan fingerprint density at radius 1 is 0.939 bits per heavy atom. The highest BCUT2D eigenvalue weighted by Gasteiger charge is 2.61. The molecule has 4 rings (SSSR count). The van der Waals surface area contributed by atoms with Crippen molar-refractivity contribution in [1.82, 2.24) is 0 Å². The number of carbonyl (C=O) groups excluding carboxylic acids is 1. The largest absolute Gasteiger partial charge is 0.303 e. The highest BCUT2D eigenvalue weighted by molar-refractivity contribution is 6.29. The molecule has 0 bridgehead atoms. The maximum atomic E-state index is 11.9. The van der Waals surface area contributed by atoms with Crippen LogP contribution in [-0.2, 0) is 4.79 Å². The quantitative estimate of drug-likeness (QED) is 0.320. The Bertz CT molecular complexity index is 714. The van der Waals surface area contributed by atoms with Crippen LogP contribution >= 0.6 is 11.6 Å². The summed E-state index contributed by atoms with van der Waals surface area (Å²) in [7, 11) is 0. The van der Waals surface area contributed by atoms with Crippen molar-refractivity contribution in [2.45, 2.75) is 112 Å². The van der Waals surface area contributed by atoms with E-state index in [0.29, 0.717) is 22.7 Å². The molecule has 4 saturated carbocycles. The molecule has 0 aromatic rings. The van der Waals surface area contributed by atoms with Crippen molar-refractivity contribution >= 4 is 17.9 Å². The van der Waals surface area contributed by atoms with E-state index < -0.39 is 0 Å². The molecule has 0 radical (unpaired) electrons. The first-order valence-electron chi connectivity index (χ1n) is 14.4. The summed E-state index contributed by atoms with van der Waals surface area (Å²) in [6, 6.07) is 0. The molecule has 188 valence electrons. The molecule has 0 aromatic carbocycles. The van der Waals surface area contributed by atoms with Gasteiger partial charge in [-0.15, -0.1) is 0 Å². The normalized spacial score (nSPS) is 45.7. The molecular formula is C31H51ClO. The topological polar surface area (TPSA) is 17.1 Å². The van der Waals surface area contributed by atoms with Gasteiger partial charge in [-0.3, -0.25) is 0 Å². The minimum atomic E-state index is 0.187. The molecular weight excluding hydrogens is 424 g/mol. The van der Waals surface area contributed by atoms with Gasteiger partial charge in [0, 0.05) is 11.0 Å². The van der Waals surface area contributed by atoms with Gasteiger partial charge in [0.2, 0.25) is 0 Å². The van der Waals surface area contributed by atoms with Gasteiger partial charge in [0.1, 0.15) is 6.29 Å². The summed E-state index contributed by atoms with van der Waals surface area (Å²) in [5.41, 5.74) is 0.952. The lowest BCUT2D eigenvalue weighted by Crippen LogP contribution is -2.56. The Labute approximate surface area is 209 Å². The Balaban J connectivity index is 1.50. The summed E-state index contributed by atoms with van der Waals surface area (Å²) in [5.74, 6) is 6.58. The molecule has 10 atom stereocenters. The third-order valence-corrected chi connectivity index (χ3v) is 12.0. The van der Waals surface area contributed by atoms with E-state index in [2.05, 4.69) is 41.2 Å². The number of hydrogen-bond acceptors (Lipinski definition) is 1. The van der Waals surface area contributed by atoms with Gasteiger partial charge < -0.3 is 4.79 Å². The molecule has 2 unspecified atom stereocenters. The van der Waals surface area contributed by atoms with Gasteiger partial charge in [0.15, 0.2) is 0 Å². The van der Waals surface area contributed by atoms with Crippen LogP contribution in [-0.4, -0.2) is 6.29 Å². The molecule has 33 heavy (non-hydrogen) atoms. The summed E-state index contributed by atoms with van der Waals surface area (Å²) in [5, 5.41) is 0.750. The fourth-order valence-electron chi connectivity index (χ4n) is 10.3. The van der Waals surface area contributed by atoms with E-state index in [1.165, 1.54) is 70.5 Å². The van der Waals surface area contributed by atoms with Gasteiger partial charge >= 0.3 is 0 Å². The van der Waals surface area contributed by atoms with Crippen LogP contribution in [0, 0.1) is 64.1 Å². The standard InChI is InChI=1S/C31H51ClO/c1-20(2)8-7-9-21(3)26-12-13-27-24-10-11-28-25(18-22(4)32)23(19-33)14-16-31(28,6)29(24)15-17-30(26,27)5/h19-21,23-29H,4,7-18H2,1-3,5-6H3/t21-,23?,24+,25-,26-,27+,28?,29+,30-,31+/m1/s1. The summed E-state index contributed by atoms with van der Waals surface area (Å²) in [6.07, 6.45) is 17.1. The van der Waals surface area contributed by atoms with E-state index in [-0.39, 0.29) is 5.92 Å².